The van der Waals surface area contributed by atoms with E-state index < -0.39 is 11.9 Å². The molecule has 2 fully saturated rings. The molecule has 2 saturated carbocycles. The third kappa shape index (κ3) is 3.77. The van der Waals surface area contributed by atoms with E-state index in [1.165, 1.54) is 23.4 Å². The predicted molar refractivity (Wildman–Crippen MR) is 102 cm³/mol. The first kappa shape index (κ1) is 18.6. The number of nitrogens with one attached hydrogen (secondary N) is 1. The van der Waals surface area contributed by atoms with E-state index in [2.05, 4.69) is 10.3 Å². The number of carboxylic acids is 1. The zero-order chi connectivity index (χ0) is 19.8. The van der Waals surface area contributed by atoms with E-state index in [1.54, 1.807) is 12.3 Å². The van der Waals surface area contributed by atoms with Gasteiger partial charge in [-0.25, -0.2) is 4.98 Å². The highest BCUT2D eigenvalue weighted by Gasteiger charge is 2.38. The standard InChI is InChI=1S/C20H24N4O4/c1-12-3-2-6-24-18(12)21-9-16(20(24)28)19(27)22-14-7-15(8-14)23(11-17(25)26)10-13-4-5-13/h2-3,6,9,13-15H,4-5,7-8,10-11H2,1H3,(H,22,27)(H,25,26). The van der Waals surface area contributed by atoms with Crippen LogP contribution >= 0.6 is 0 Å². The number of hydrogen-bond donors (Lipinski definition) is 2. The first-order valence-corrected chi connectivity index (χ1v) is 9.66. The number of nitrogens with zero attached hydrogens (tertiary/aromatic N) is 3. The first-order valence-electron chi connectivity index (χ1n) is 9.66. The smallest absolute Gasteiger partial charge is 0.317 e. The molecule has 0 radical (unpaired) electrons. The van der Waals surface area contributed by atoms with Crippen molar-refractivity contribution >= 4 is 17.5 Å². The lowest BCUT2D eigenvalue weighted by atomic mass is 9.85. The molecule has 0 unspecified atom stereocenters. The Morgan fingerprint density at radius 2 is 2.11 bits per heavy atom. The predicted octanol–water partition coefficient (Wildman–Crippen LogP) is 1.06. The maximum absolute atomic E-state index is 12.6. The zero-order valence-electron chi connectivity index (χ0n) is 15.8. The summed E-state index contributed by atoms with van der Waals surface area (Å²) >= 11 is 0. The van der Waals surface area contributed by atoms with Gasteiger partial charge in [-0.1, -0.05) is 6.07 Å². The van der Waals surface area contributed by atoms with Crippen LogP contribution in [0.25, 0.3) is 5.65 Å². The van der Waals surface area contributed by atoms with Crippen LogP contribution in [0.1, 0.15) is 41.6 Å². The van der Waals surface area contributed by atoms with Crippen LogP contribution < -0.4 is 10.9 Å². The van der Waals surface area contributed by atoms with Crippen molar-refractivity contribution < 1.29 is 14.7 Å². The number of pyridine rings is 1. The van der Waals surface area contributed by atoms with Crippen molar-refractivity contribution in [1.82, 2.24) is 19.6 Å². The maximum atomic E-state index is 12.6. The summed E-state index contributed by atoms with van der Waals surface area (Å²) in [6.07, 6.45) is 6.68. The van der Waals surface area contributed by atoms with E-state index in [1.807, 2.05) is 17.9 Å². The molecular weight excluding hydrogens is 360 g/mol. The van der Waals surface area contributed by atoms with Crippen LogP contribution in [0, 0.1) is 12.8 Å². The van der Waals surface area contributed by atoms with E-state index in [-0.39, 0.29) is 29.8 Å². The highest BCUT2D eigenvalue weighted by atomic mass is 16.4. The van der Waals surface area contributed by atoms with Crippen LogP contribution in [0.4, 0.5) is 0 Å². The number of aromatic nitrogens is 2. The van der Waals surface area contributed by atoms with Gasteiger partial charge in [-0.2, -0.15) is 0 Å². The Hall–Kier alpha value is -2.74. The Morgan fingerprint density at radius 3 is 2.79 bits per heavy atom. The summed E-state index contributed by atoms with van der Waals surface area (Å²) in [5, 5.41) is 12.0. The molecule has 2 aliphatic rings. The maximum Gasteiger partial charge on any atom is 0.317 e. The van der Waals surface area contributed by atoms with E-state index in [4.69, 9.17) is 5.11 Å². The number of carbonyl (C=O) groups is 2. The molecular formula is C20H24N4O4. The fourth-order valence-electron chi connectivity index (χ4n) is 3.82. The van der Waals surface area contributed by atoms with Crippen molar-refractivity contribution in [2.75, 3.05) is 13.1 Å². The topological polar surface area (TPSA) is 104 Å². The van der Waals surface area contributed by atoms with Crippen molar-refractivity contribution in [2.24, 2.45) is 5.92 Å². The van der Waals surface area contributed by atoms with E-state index in [9.17, 15) is 14.4 Å². The number of carbonyl (C=O) groups excluding carboxylic acids is 1. The Labute approximate surface area is 162 Å². The summed E-state index contributed by atoms with van der Waals surface area (Å²) in [7, 11) is 0. The van der Waals surface area contributed by atoms with Crippen LogP contribution in [0.15, 0.2) is 29.3 Å². The molecule has 2 N–H and O–H groups in total. The van der Waals surface area contributed by atoms with Crippen molar-refractivity contribution in [3.63, 3.8) is 0 Å². The lowest BCUT2D eigenvalue weighted by molar-refractivity contribution is -0.139. The van der Waals surface area contributed by atoms with Crippen LogP contribution in [0.2, 0.25) is 0 Å². The molecule has 8 heteroatoms. The average Bonchev–Trinajstić information content (AvgIpc) is 3.42. The van der Waals surface area contributed by atoms with E-state index in [0.717, 1.165) is 12.1 Å². The normalized spacial score (nSPS) is 21.5. The van der Waals surface area contributed by atoms with Crippen LogP contribution in [-0.2, 0) is 4.79 Å². The minimum atomic E-state index is -0.821. The van der Waals surface area contributed by atoms with Crippen molar-refractivity contribution in [3.8, 4) is 0 Å². The molecule has 0 spiro atoms. The number of hydrogen-bond acceptors (Lipinski definition) is 5. The van der Waals surface area contributed by atoms with Gasteiger partial charge in [0.25, 0.3) is 11.5 Å². The molecule has 28 heavy (non-hydrogen) atoms. The minimum absolute atomic E-state index is 0.0203. The fourth-order valence-corrected chi connectivity index (χ4v) is 3.82. The summed E-state index contributed by atoms with van der Waals surface area (Å²) in [5.74, 6) is -0.636. The van der Waals surface area contributed by atoms with E-state index >= 15 is 0 Å². The summed E-state index contributed by atoms with van der Waals surface area (Å²) in [4.78, 5) is 42.6. The molecule has 0 atom stereocenters. The second-order valence-electron chi connectivity index (χ2n) is 7.92. The molecule has 0 aromatic carbocycles. The molecule has 2 aromatic heterocycles. The van der Waals surface area contributed by atoms with Crippen LogP contribution in [0.5, 0.6) is 0 Å². The van der Waals surface area contributed by atoms with Crippen molar-refractivity contribution in [3.05, 3.63) is 46.0 Å². The number of carboxylic acid groups (broad SMARTS) is 1. The molecule has 2 aliphatic carbocycles. The molecule has 148 valence electrons. The van der Waals surface area contributed by atoms with Crippen molar-refractivity contribution in [2.45, 2.75) is 44.7 Å². The van der Waals surface area contributed by atoms with Crippen LogP contribution in [-0.4, -0.2) is 56.4 Å². The summed E-state index contributed by atoms with van der Waals surface area (Å²) in [5.41, 5.74) is 1.04. The number of fused-ring (bicyclic) bond motifs is 1. The molecule has 1 amide bonds. The number of aliphatic carboxylic acids is 1. The average molecular weight is 384 g/mol. The molecule has 0 aliphatic heterocycles. The van der Waals surface area contributed by atoms with Gasteiger partial charge in [0, 0.05) is 31.0 Å². The fraction of sp³-hybridized carbons (Fsp3) is 0.500. The van der Waals surface area contributed by atoms with Crippen LogP contribution in [0.3, 0.4) is 0 Å². The van der Waals surface area contributed by atoms with Gasteiger partial charge in [0.2, 0.25) is 0 Å². The molecule has 2 heterocycles. The van der Waals surface area contributed by atoms with Gasteiger partial charge in [0.1, 0.15) is 11.2 Å². The van der Waals surface area contributed by atoms with Gasteiger partial charge in [0.05, 0.1) is 6.54 Å². The van der Waals surface area contributed by atoms with Gasteiger partial charge in [-0.15, -0.1) is 0 Å². The number of rotatable bonds is 7. The Balaban J connectivity index is 1.40. The highest BCUT2D eigenvalue weighted by Crippen LogP contribution is 2.33. The van der Waals surface area contributed by atoms with Gasteiger partial charge in [0.15, 0.2) is 0 Å². The largest absolute Gasteiger partial charge is 0.480 e. The Bertz CT molecular complexity index is 976. The first-order chi connectivity index (χ1) is 13.4. The Kier molecular flexibility index (Phi) is 4.89. The molecule has 2 aromatic rings. The molecule has 4 rings (SSSR count). The molecule has 8 nitrogen and oxygen atoms in total. The number of aryl methyl sites for hydroxylation is 1. The van der Waals surface area contributed by atoms with Gasteiger partial charge >= 0.3 is 5.97 Å². The highest BCUT2D eigenvalue weighted by molar-refractivity contribution is 5.94. The zero-order valence-corrected chi connectivity index (χ0v) is 15.8. The summed E-state index contributed by atoms with van der Waals surface area (Å²) in [6.45, 7) is 2.71. The summed E-state index contributed by atoms with van der Waals surface area (Å²) in [6, 6.07) is 3.73. The second kappa shape index (κ2) is 7.35. The van der Waals surface area contributed by atoms with Gasteiger partial charge in [-0.05, 0) is 50.2 Å². The third-order valence-corrected chi connectivity index (χ3v) is 5.66. The van der Waals surface area contributed by atoms with Gasteiger partial charge in [-0.3, -0.25) is 23.7 Å². The lowest BCUT2D eigenvalue weighted by Crippen LogP contribution is -2.55. The summed E-state index contributed by atoms with van der Waals surface area (Å²) < 4.78 is 1.39. The SMILES string of the molecule is Cc1cccn2c(=O)c(C(=O)NC3CC(N(CC(=O)O)CC4CC4)C3)cnc12. The molecule has 0 bridgehead atoms. The number of amides is 1. The quantitative estimate of drug-likeness (QED) is 0.740. The second-order valence-corrected chi connectivity index (χ2v) is 7.92. The van der Waals surface area contributed by atoms with Gasteiger partial charge < -0.3 is 10.4 Å². The third-order valence-electron chi connectivity index (χ3n) is 5.66. The lowest BCUT2D eigenvalue weighted by Gasteiger charge is -2.42. The monoisotopic (exact) mass is 384 g/mol. The Morgan fingerprint density at radius 1 is 1.36 bits per heavy atom. The van der Waals surface area contributed by atoms with E-state index in [0.29, 0.717) is 24.4 Å². The minimum Gasteiger partial charge on any atom is -0.480 e. The molecule has 0 saturated heterocycles. The van der Waals surface area contributed by atoms with Crippen molar-refractivity contribution in [1.29, 1.82) is 0 Å².